The second kappa shape index (κ2) is 6.21. The second-order valence-electron chi connectivity index (χ2n) is 4.80. The van der Waals surface area contributed by atoms with Crippen LogP contribution in [0.3, 0.4) is 0 Å². The molecule has 0 aromatic heterocycles. The van der Waals surface area contributed by atoms with Gasteiger partial charge in [0, 0.05) is 28.7 Å². The first kappa shape index (κ1) is 15.4. The number of likely N-dealkylation sites (tertiary alicyclic amines) is 1. The Morgan fingerprint density at radius 1 is 1.33 bits per heavy atom. The molecule has 0 radical (unpaired) electrons. The van der Waals surface area contributed by atoms with Gasteiger partial charge in [-0.25, -0.2) is 4.79 Å². The zero-order valence-electron chi connectivity index (χ0n) is 11.0. The fourth-order valence-electron chi connectivity index (χ4n) is 2.40. The van der Waals surface area contributed by atoms with E-state index in [-0.39, 0.29) is 11.3 Å². The molecule has 1 N–H and O–H groups in total. The van der Waals surface area contributed by atoms with Crippen LogP contribution in [-0.2, 0) is 4.79 Å². The first-order valence-electron chi connectivity index (χ1n) is 6.39. The number of rotatable bonds is 3. The standard InChI is InChI=1S/C13H13BrN2O5/c14-9-5-8(6-10(7-9)16(20)21)12(17)15-4-2-1-3-11(15)13(18)19/h5-7,11H,1-4H2,(H,18,19). The molecule has 1 aromatic carbocycles. The number of nitro groups is 1. The van der Waals surface area contributed by atoms with Crippen molar-refractivity contribution in [1.82, 2.24) is 4.90 Å². The lowest BCUT2D eigenvalue weighted by Gasteiger charge is -2.33. The van der Waals surface area contributed by atoms with E-state index in [4.69, 9.17) is 0 Å². The molecule has 1 atom stereocenters. The highest BCUT2D eigenvalue weighted by Gasteiger charge is 2.33. The quantitative estimate of drug-likeness (QED) is 0.661. The maximum atomic E-state index is 12.5. The van der Waals surface area contributed by atoms with Gasteiger partial charge in [0.1, 0.15) is 6.04 Å². The average Bonchev–Trinajstić information content (AvgIpc) is 2.45. The molecule has 1 fully saturated rings. The summed E-state index contributed by atoms with van der Waals surface area (Å²) in [4.78, 5) is 35.2. The molecule has 1 saturated heterocycles. The van der Waals surface area contributed by atoms with Crippen molar-refractivity contribution in [2.24, 2.45) is 0 Å². The van der Waals surface area contributed by atoms with Crippen molar-refractivity contribution in [3.63, 3.8) is 0 Å². The van der Waals surface area contributed by atoms with E-state index in [1.54, 1.807) is 0 Å². The number of nitro benzene ring substituents is 1. The third-order valence-corrected chi connectivity index (χ3v) is 3.85. The molecule has 0 aliphatic carbocycles. The summed E-state index contributed by atoms with van der Waals surface area (Å²) in [6, 6.07) is 3.05. The van der Waals surface area contributed by atoms with Gasteiger partial charge in [-0.2, -0.15) is 0 Å². The number of hydrogen-bond donors (Lipinski definition) is 1. The zero-order chi connectivity index (χ0) is 15.6. The molecule has 0 spiro atoms. The number of carbonyl (C=O) groups excluding carboxylic acids is 1. The molecular weight excluding hydrogens is 344 g/mol. The third-order valence-electron chi connectivity index (χ3n) is 3.39. The average molecular weight is 357 g/mol. The Balaban J connectivity index is 2.34. The zero-order valence-corrected chi connectivity index (χ0v) is 12.6. The predicted molar refractivity (Wildman–Crippen MR) is 77.1 cm³/mol. The van der Waals surface area contributed by atoms with Gasteiger partial charge in [-0.05, 0) is 25.3 Å². The van der Waals surface area contributed by atoms with E-state index in [0.29, 0.717) is 17.4 Å². The predicted octanol–water partition coefficient (Wildman–Crippen LogP) is 2.44. The molecule has 0 saturated carbocycles. The van der Waals surface area contributed by atoms with Gasteiger partial charge in [-0.1, -0.05) is 15.9 Å². The Bertz CT molecular complexity index is 604. The minimum absolute atomic E-state index is 0.115. The molecule has 2 rings (SSSR count). The highest BCUT2D eigenvalue weighted by Crippen LogP contribution is 2.25. The van der Waals surface area contributed by atoms with Crippen LogP contribution in [0.1, 0.15) is 29.6 Å². The van der Waals surface area contributed by atoms with Gasteiger partial charge in [0.2, 0.25) is 0 Å². The molecule has 1 unspecified atom stereocenters. The lowest BCUT2D eigenvalue weighted by atomic mass is 10.0. The number of amides is 1. The molecule has 7 nitrogen and oxygen atoms in total. The van der Waals surface area contributed by atoms with Gasteiger partial charge in [0.25, 0.3) is 11.6 Å². The van der Waals surface area contributed by atoms with Gasteiger partial charge in [-0.15, -0.1) is 0 Å². The molecule has 21 heavy (non-hydrogen) atoms. The first-order chi connectivity index (χ1) is 9.90. The smallest absolute Gasteiger partial charge is 0.326 e. The van der Waals surface area contributed by atoms with Crippen LogP contribution in [0.5, 0.6) is 0 Å². The highest BCUT2D eigenvalue weighted by atomic mass is 79.9. The topological polar surface area (TPSA) is 101 Å². The van der Waals surface area contributed by atoms with E-state index < -0.39 is 22.8 Å². The molecular formula is C13H13BrN2O5. The van der Waals surface area contributed by atoms with Crippen molar-refractivity contribution in [2.75, 3.05) is 6.54 Å². The van der Waals surface area contributed by atoms with Gasteiger partial charge in [0.15, 0.2) is 0 Å². The van der Waals surface area contributed by atoms with Crippen molar-refractivity contribution in [3.05, 3.63) is 38.3 Å². The van der Waals surface area contributed by atoms with Crippen LogP contribution in [0.25, 0.3) is 0 Å². The number of carboxylic acids is 1. The van der Waals surface area contributed by atoms with E-state index in [2.05, 4.69) is 15.9 Å². The van der Waals surface area contributed by atoms with Crippen molar-refractivity contribution >= 4 is 33.5 Å². The number of carbonyl (C=O) groups is 2. The molecule has 112 valence electrons. The van der Waals surface area contributed by atoms with Crippen molar-refractivity contribution in [2.45, 2.75) is 25.3 Å². The Hall–Kier alpha value is -1.96. The fourth-order valence-corrected chi connectivity index (χ4v) is 2.88. The highest BCUT2D eigenvalue weighted by molar-refractivity contribution is 9.10. The summed E-state index contributed by atoms with van der Waals surface area (Å²) in [6.45, 7) is 0.343. The Labute approximate surface area is 128 Å². The van der Waals surface area contributed by atoms with Crippen molar-refractivity contribution in [1.29, 1.82) is 0 Å². The van der Waals surface area contributed by atoms with Crippen LogP contribution in [0.4, 0.5) is 5.69 Å². The molecule has 8 heteroatoms. The van der Waals surface area contributed by atoms with Crippen LogP contribution in [-0.4, -0.2) is 39.4 Å². The Kier molecular flexibility index (Phi) is 4.56. The number of carboxylic acid groups (broad SMARTS) is 1. The van der Waals surface area contributed by atoms with Crippen molar-refractivity contribution in [3.8, 4) is 0 Å². The summed E-state index contributed by atoms with van der Waals surface area (Å²) < 4.78 is 0.406. The van der Waals surface area contributed by atoms with Crippen LogP contribution in [0.2, 0.25) is 0 Å². The van der Waals surface area contributed by atoms with Crippen LogP contribution in [0, 0.1) is 10.1 Å². The number of benzene rings is 1. The molecule has 1 aliphatic heterocycles. The number of halogens is 1. The maximum absolute atomic E-state index is 12.5. The summed E-state index contributed by atoms with van der Waals surface area (Å²) in [5, 5.41) is 20.0. The largest absolute Gasteiger partial charge is 0.480 e. The second-order valence-corrected chi connectivity index (χ2v) is 5.72. The number of non-ortho nitro benzene ring substituents is 1. The van der Waals surface area contributed by atoms with Crippen LogP contribution < -0.4 is 0 Å². The summed E-state index contributed by atoms with van der Waals surface area (Å²) in [5.74, 6) is -1.54. The Morgan fingerprint density at radius 2 is 2.05 bits per heavy atom. The molecule has 1 amide bonds. The number of aliphatic carboxylic acids is 1. The minimum atomic E-state index is -1.05. The fraction of sp³-hybridized carbons (Fsp3) is 0.385. The molecule has 1 heterocycles. The third kappa shape index (κ3) is 3.38. The maximum Gasteiger partial charge on any atom is 0.326 e. The lowest BCUT2D eigenvalue weighted by molar-refractivity contribution is -0.385. The molecule has 1 aliphatic rings. The Morgan fingerprint density at radius 3 is 2.67 bits per heavy atom. The van der Waals surface area contributed by atoms with Gasteiger partial charge < -0.3 is 10.0 Å². The molecule has 1 aromatic rings. The summed E-state index contributed by atoms with van der Waals surface area (Å²) in [7, 11) is 0. The van der Waals surface area contributed by atoms with E-state index in [1.165, 1.54) is 23.1 Å². The lowest BCUT2D eigenvalue weighted by Crippen LogP contribution is -2.48. The van der Waals surface area contributed by atoms with Gasteiger partial charge in [0.05, 0.1) is 4.92 Å². The van der Waals surface area contributed by atoms with E-state index in [9.17, 15) is 24.8 Å². The monoisotopic (exact) mass is 356 g/mol. The van der Waals surface area contributed by atoms with E-state index in [0.717, 1.165) is 12.8 Å². The summed E-state index contributed by atoms with van der Waals surface area (Å²) in [5.41, 5.74) is -0.0964. The number of piperidine rings is 1. The first-order valence-corrected chi connectivity index (χ1v) is 7.18. The van der Waals surface area contributed by atoms with Gasteiger partial charge >= 0.3 is 5.97 Å². The number of nitrogens with zero attached hydrogens (tertiary/aromatic N) is 2. The van der Waals surface area contributed by atoms with Crippen LogP contribution >= 0.6 is 15.9 Å². The van der Waals surface area contributed by atoms with Gasteiger partial charge in [-0.3, -0.25) is 14.9 Å². The van der Waals surface area contributed by atoms with Crippen molar-refractivity contribution < 1.29 is 19.6 Å². The summed E-state index contributed by atoms with van der Waals surface area (Å²) >= 11 is 3.13. The SMILES string of the molecule is O=C(O)C1CCCCN1C(=O)c1cc(Br)cc([N+](=O)[O-])c1. The van der Waals surface area contributed by atoms with E-state index in [1.807, 2.05) is 0 Å². The van der Waals surface area contributed by atoms with Crippen LogP contribution in [0.15, 0.2) is 22.7 Å². The summed E-state index contributed by atoms with van der Waals surface area (Å²) in [6.07, 6.45) is 1.88. The minimum Gasteiger partial charge on any atom is -0.480 e. The molecule has 0 bridgehead atoms. The van der Waals surface area contributed by atoms with E-state index >= 15 is 0 Å². The number of hydrogen-bond acceptors (Lipinski definition) is 4. The normalized spacial score (nSPS) is 18.3.